The van der Waals surface area contributed by atoms with E-state index in [-0.39, 0.29) is 11.8 Å². The van der Waals surface area contributed by atoms with Crippen LogP contribution in [-0.2, 0) is 11.8 Å². The van der Waals surface area contributed by atoms with Crippen LogP contribution in [0, 0.1) is 12.8 Å². The number of aryl methyl sites for hydroxylation is 2. The van der Waals surface area contributed by atoms with Crippen LogP contribution in [0.25, 0.3) is 0 Å². The highest BCUT2D eigenvalue weighted by atomic mass is 16.3. The number of nitrogens with one attached hydrogen (secondary N) is 1. The fourth-order valence-corrected chi connectivity index (χ4v) is 3.41. The maximum Gasteiger partial charge on any atom is 0.238 e. The standard InChI is InChI=1S/C19H26N4O2/c1-14-5-3-4-6-16(14)21-17(24)13-23-10-7-15(8-11-23)18(25)19-20-9-12-22(19)2/h3-6,9,12,15,18,25H,7-8,10-11,13H2,1-2H3,(H,21,24). The highest BCUT2D eigenvalue weighted by Gasteiger charge is 2.29. The van der Waals surface area contributed by atoms with E-state index in [9.17, 15) is 9.90 Å². The number of amides is 1. The zero-order valence-electron chi connectivity index (χ0n) is 14.9. The summed E-state index contributed by atoms with van der Waals surface area (Å²) in [5.74, 6) is 0.921. The molecule has 0 bridgehead atoms. The molecule has 0 aliphatic carbocycles. The molecule has 134 valence electrons. The first-order chi connectivity index (χ1) is 12.0. The Bertz CT molecular complexity index is 720. The van der Waals surface area contributed by atoms with Gasteiger partial charge in [-0.15, -0.1) is 0 Å². The number of anilines is 1. The minimum Gasteiger partial charge on any atom is -0.385 e. The second-order valence-electron chi connectivity index (χ2n) is 6.82. The van der Waals surface area contributed by atoms with E-state index in [4.69, 9.17) is 0 Å². The smallest absolute Gasteiger partial charge is 0.238 e. The third-order valence-electron chi connectivity index (χ3n) is 4.99. The number of aliphatic hydroxyl groups is 1. The lowest BCUT2D eigenvalue weighted by molar-refractivity contribution is -0.117. The molecule has 1 aromatic carbocycles. The number of rotatable bonds is 5. The number of hydrogen-bond donors (Lipinski definition) is 2. The van der Waals surface area contributed by atoms with E-state index < -0.39 is 6.10 Å². The molecule has 2 heterocycles. The van der Waals surface area contributed by atoms with E-state index in [1.54, 1.807) is 6.20 Å². The first kappa shape index (κ1) is 17.6. The van der Waals surface area contributed by atoms with Crippen molar-refractivity contribution in [1.29, 1.82) is 0 Å². The molecule has 1 amide bonds. The average Bonchev–Trinajstić information content (AvgIpc) is 3.03. The largest absolute Gasteiger partial charge is 0.385 e. The van der Waals surface area contributed by atoms with Gasteiger partial charge in [-0.2, -0.15) is 0 Å². The van der Waals surface area contributed by atoms with Crippen molar-refractivity contribution < 1.29 is 9.90 Å². The van der Waals surface area contributed by atoms with Crippen molar-refractivity contribution in [2.75, 3.05) is 25.0 Å². The maximum atomic E-state index is 12.3. The summed E-state index contributed by atoms with van der Waals surface area (Å²) in [6, 6.07) is 7.79. The predicted molar refractivity (Wildman–Crippen MR) is 97.1 cm³/mol. The fraction of sp³-hybridized carbons (Fsp3) is 0.474. The molecule has 3 rings (SSSR count). The van der Waals surface area contributed by atoms with Crippen LogP contribution in [0.1, 0.15) is 30.3 Å². The van der Waals surface area contributed by atoms with Crippen molar-refractivity contribution >= 4 is 11.6 Å². The SMILES string of the molecule is Cc1ccccc1NC(=O)CN1CCC(C(O)c2nccn2C)CC1. The van der Waals surface area contributed by atoms with Gasteiger partial charge in [0.05, 0.1) is 6.54 Å². The Kier molecular flexibility index (Phi) is 5.50. The molecule has 1 aromatic heterocycles. The number of aromatic nitrogens is 2. The molecule has 0 saturated carbocycles. The minimum atomic E-state index is -0.539. The van der Waals surface area contributed by atoms with Gasteiger partial charge in [-0.05, 0) is 50.4 Å². The van der Waals surface area contributed by atoms with Gasteiger partial charge in [0.25, 0.3) is 0 Å². The number of carbonyl (C=O) groups excluding carboxylic acids is 1. The van der Waals surface area contributed by atoms with E-state index >= 15 is 0 Å². The van der Waals surface area contributed by atoms with Crippen LogP contribution in [0.4, 0.5) is 5.69 Å². The Morgan fingerprint density at radius 2 is 2.08 bits per heavy atom. The number of benzene rings is 1. The van der Waals surface area contributed by atoms with Gasteiger partial charge in [-0.1, -0.05) is 18.2 Å². The van der Waals surface area contributed by atoms with E-state index in [1.807, 2.05) is 49.0 Å². The Hall–Kier alpha value is -2.18. The summed E-state index contributed by atoms with van der Waals surface area (Å²) >= 11 is 0. The average molecular weight is 342 g/mol. The molecule has 1 aliphatic rings. The molecule has 0 radical (unpaired) electrons. The number of likely N-dealkylation sites (tertiary alicyclic amines) is 1. The molecular weight excluding hydrogens is 316 g/mol. The van der Waals surface area contributed by atoms with Crippen molar-refractivity contribution in [3.05, 3.63) is 48.0 Å². The Morgan fingerprint density at radius 1 is 1.36 bits per heavy atom. The van der Waals surface area contributed by atoms with Gasteiger partial charge >= 0.3 is 0 Å². The zero-order valence-corrected chi connectivity index (χ0v) is 14.9. The molecule has 1 unspecified atom stereocenters. The third-order valence-corrected chi connectivity index (χ3v) is 4.99. The predicted octanol–water partition coefficient (Wildman–Crippen LogP) is 2.11. The molecule has 1 aliphatic heterocycles. The lowest BCUT2D eigenvalue weighted by Crippen LogP contribution is -2.40. The van der Waals surface area contributed by atoms with Crippen LogP contribution < -0.4 is 5.32 Å². The van der Waals surface area contributed by atoms with Gasteiger partial charge in [0, 0.05) is 25.1 Å². The number of aliphatic hydroxyl groups excluding tert-OH is 1. The van der Waals surface area contributed by atoms with Crippen LogP contribution in [0.3, 0.4) is 0 Å². The number of para-hydroxylation sites is 1. The highest BCUT2D eigenvalue weighted by molar-refractivity contribution is 5.92. The third kappa shape index (κ3) is 4.27. The Balaban J connectivity index is 1.48. The molecule has 0 spiro atoms. The summed E-state index contributed by atoms with van der Waals surface area (Å²) < 4.78 is 1.87. The van der Waals surface area contributed by atoms with Gasteiger partial charge in [0.2, 0.25) is 5.91 Å². The lowest BCUT2D eigenvalue weighted by atomic mass is 9.90. The minimum absolute atomic E-state index is 0.0115. The summed E-state index contributed by atoms with van der Waals surface area (Å²) in [6.45, 7) is 4.00. The summed E-state index contributed by atoms with van der Waals surface area (Å²) in [5.41, 5.74) is 1.93. The summed E-state index contributed by atoms with van der Waals surface area (Å²) in [4.78, 5) is 18.7. The van der Waals surface area contributed by atoms with Crippen LogP contribution in [0.2, 0.25) is 0 Å². The van der Waals surface area contributed by atoms with Crippen LogP contribution in [-0.4, -0.2) is 45.1 Å². The summed E-state index contributed by atoms with van der Waals surface area (Å²) in [5, 5.41) is 13.5. The molecule has 6 nitrogen and oxygen atoms in total. The van der Waals surface area contributed by atoms with Crippen LogP contribution >= 0.6 is 0 Å². The van der Waals surface area contributed by atoms with Crippen molar-refractivity contribution in [2.24, 2.45) is 13.0 Å². The maximum absolute atomic E-state index is 12.3. The number of piperidine rings is 1. The van der Waals surface area contributed by atoms with Crippen molar-refractivity contribution in [1.82, 2.24) is 14.5 Å². The van der Waals surface area contributed by atoms with E-state index in [1.165, 1.54) is 0 Å². The molecule has 2 N–H and O–H groups in total. The van der Waals surface area contributed by atoms with Gasteiger partial charge in [-0.3, -0.25) is 9.69 Å². The van der Waals surface area contributed by atoms with E-state index in [2.05, 4.69) is 15.2 Å². The van der Waals surface area contributed by atoms with Gasteiger partial charge < -0.3 is 15.0 Å². The zero-order chi connectivity index (χ0) is 17.8. The quantitative estimate of drug-likeness (QED) is 0.873. The number of nitrogens with zero attached hydrogens (tertiary/aromatic N) is 3. The monoisotopic (exact) mass is 342 g/mol. The van der Waals surface area contributed by atoms with Crippen molar-refractivity contribution in [3.63, 3.8) is 0 Å². The van der Waals surface area contributed by atoms with Crippen LogP contribution in [0.15, 0.2) is 36.7 Å². The summed E-state index contributed by atoms with van der Waals surface area (Å²) in [7, 11) is 1.90. The van der Waals surface area contributed by atoms with Gasteiger partial charge in [0.15, 0.2) is 0 Å². The molecular formula is C19H26N4O2. The molecule has 1 atom stereocenters. The Morgan fingerprint density at radius 3 is 2.72 bits per heavy atom. The van der Waals surface area contributed by atoms with Crippen LogP contribution in [0.5, 0.6) is 0 Å². The first-order valence-electron chi connectivity index (χ1n) is 8.77. The number of hydrogen-bond acceptors (Lipinski definition) is 4. The molecule has 2 aromatic rings. The van der Waals surface area contributed by atoms with E-state index in [0.29, 0.717) is 6.54 Å². The highest BCUT2D eigenvalue weighted by Crippen LogP contribution is 2.29. The molecule has 1 saturated heterocycles. The topological polar surface area (TPSA) is 70.4 Å². The normalized spacial score (nSPS) is 17.4. The lowest BCUT2D eigenvalue weighted by Gasteiger charge is -2.33. The first-order valence-corrected chi connectivity index (χ1v) is 8.77. The number of imidazole rings is 1. The van der Waals surface area contributed by atoms with E-state index in [0.717, 1.165) is 43.0 Å². The molecule has 25 heavy (non-hydrogen) atoms. The fourth-order valence-electron chi connectivity index (χ4n) is 3.41. The van der Waals surface area contributed by atoms with Crippen molar-refractivity contribution in [3.8, 4) is 0 Å². The second kappa shape index (κ2) is 7.80. The van der Waals surface area contributed by atoms with Gasteiger partial charge in [0.1, 0.15) is 11.9 Å². The van der Waals surface area contributed by atoms with Gasteiger partial charge in [-0.25, -0.2) is 4.98 Å². The summed E-state index contributed by atoms with van der Waals surface area (Å²) in [6.07, 6.45) is 4.76. The van der Waals surface area contributed by atoms with Crippen molar-refractivity contribution in [2.45, 2.75) is 25.9 Å². The molecule has 1 fully saturated rings. The second-order valence-corrected chi connectivity index (χ2v) is 6.82. The number of carbonyl (C=O) groups is 1. The molecule has 6 heteroatoms. The Labute approximate surface area is 148 Å².